The monoisotopic (exact) mass is 523 g/mol. The molecule has 1 fully saturated rings. The third-order valence-electron chi connectivity index (χ3n) is 7.27. The topological polar surface area (TPSA) is 81.5 Å². The molecule has 0 saturated carbocycles. The quantitative estimate of drug-likeness (QED) is 0.558. The van der Waals surface area contributed by atoms with Crippen LogP contribution in [0.5, 0.6) is 0 Å². The molecule has 0 spiro atoms. The molecule has 2 aromatic heterocycles. The van der Waals surface area contributed by atoms with Gasteiger partial charge in [-0.3, -0.25) is 9.36 Å². The summed E-state index contributed by atoms with van der Waals surface area (Å²) in [5, 5.41) is 4.15. The Bertz CT molecular complexity index is 1160. The van der Waals surface area contributed by atoms with Crippen molar-refractivity contribution < 1.29 is 9.47 Å². The second-order valence-corrected chi connectivity index (χ2v) is 11.3. The molecular weight excluding hydrogens is 489 g/mol. The summed E-state index contributed by atoms with van der Waals surface area (Å²) in [6.07, 6.45) is 3.89. The number of hydrogen-bond acceptors (Lipinski definition) is 7. The lowest BCUT2D eigenvalue weighted by Gasteiger charge is -2.48. The first-order valence-electron chi connectivity index (χ1n) is 12.1. The van der Waals surface area contributed by atoms with E-state index in [2.05, 4.69) is 20.2 Å². The lowest BCUT2D eigenvalue weighted by Crippen LogP contribution is -2.54. The number of aryl methyl sites for hydroxylation is 2. The van der Waals surface area contributed by atoms with Gasteiger partial charge in [0, 0.05) is 62.9 Å². The second-order valence-electron chi connectivity index (χ2n) is 9.75. The molecule has 8 nitrogen and oxygen atoms in total. The van der Waals surface area contributed by atoms with E-state index >= 15 is 0 Å². The van der Waals surface area contributed by atoms with Crippen molar-refractivity contribution in [2.45, 2.75) is 55.5 Å². The van der Waals surface area contributed by atoms with Gasteiger partial charge in [0.1, 0.15) is 22.1 Å². The molecule has 192 valence electrons. The number of fused-ring (bicyclic) bond motifs is 1. The number of nitrogens with one attached hydrogen (secondary N) is 1. The first kappa shape index (κ1) is 26.4. The van der Waals surface area contributed by atoms with Crippen molar-refractivity contribution in [2.24, 2.45) is 0 Å². The Morgan fingerprint density at radius 2 is 1.91 bits per heavy atom. The number of alkyl halides is 2. The van der Waals surface area contributed by atoms with Crippen LogP contribution in [0.4, 0.5) is 0 Å². The average molecular weight is 524 g/mol. The lowest BCUT2D eigenvalue weighted by molar-refractivity contribution is 0.0697. The van der Waals surface area contributed by atoms with E-state index in [1.165, 1.54) is 0 Å². The van der Waals surface area contributed by atoms with Gasteiger partial charge in [-0.1, -0.05) is 0 Å². The summed E-state index contributed by atoms with van der Waals surface area (Å²) in [5.74, 6) is 0.548. The molecular formula is C25H35Cl2N5O3. The van der Waals surface area contributed by atoms with Crippen molar-refractivity contribution in [1.82, 2.24) is 24.8 Å². The molecule has 1 aliphatic carbocycles. The molecule has 3 heterocycles. The van der Waals surface area contributed by atoms with E-state index in [-0.39, 0.29) is 5.56 Å². The SMILES string of the molecule is COC1=CC(OC)C(C)(Cl)C(c2cc3cnc(C)nc3n(CCCN3CCNCC3)c2=O)C1(C)Cl. The minimum absolute atomic E-state index is 0.146. The van der Waals surface area contributed by atoms with Gasteiger partial charge in [0.05, 0.1) is 18.1 Å². The molecule has 10 heteroatoms. The van der Waals surface area contributed by atoms with Crippen LogP contribution >= 0.6 is 23.2 Å². The number of methoxy groups -OCH3 is 2. The van der Waals surface area contributed by atoms with Crippen LogP contribution in [0.25, 0.3) is 11.0 Å². The largest absolute Gasteiger partial charge is 0.499 e. The maximum atomic E-state index is 14.1. The van der Waals surface area contributed by atoms with Gasteiger partial charge in [0.2, 0.25) is 0 Å². The zero-order chi connectivity index (χ0) is 25.4. The van der Waals surface area contributed by atoms with Crippen LogP contribution in [0.1, 0.15) is 37.6 Å². The first-order chi connectivity index (χ1) is 16.6. The van der Waals surface area contributed by atoms with Crippen molar-refractivity contribution in [1.29, 1.82) is 0 Å². The van der Waals surface area contributed by atoms with Crippen molar-refractivity contribution in [3.05, 3.63) is 45.8 Å². The Hall–Kier alpha value is -1.71. The number of piperazine rings is 1. The van der Waals surface area contributed by atoms with Crippen LogP contribution < -0.4 is 10.9 Å². The number of allylic oxidation sites excluding steroid dienone is 1. The third kappa shape index (κ3) is 4.96. The fourth-order valence-electron chi connectivity index (χ4n) is 5.53. The lowest BCUT2D eigenvalue weighted by atomic mass is 9.70. The smallest absolute Gasteiger partial charge is 0.255 e. The number of pyridine rings is 1. The standard InChI is InChI=1S/C25H35Cl2N5O3/c1-16-29-15-17-13-18(21-24(2,26)19(34-4)14-20(35-5)25(21,3)27)23(33)32(22(17)30-16)10-6-9-31-11-7-28-8-12-31/h13-15,19,21,28H,6-12H2,1-5H3. The summed E-state index contributed by atoms with van der Waals surface area (Å²) in [7, 11) is 3.16. The van der Waals surface area contributed by atoms with Crippen LogP contribution in [0.3, 0.4) is 0 Å². The van der Waals surface area contributed by atoms with E-state index in [0.717, 1.165) is 44.5 Å². The number of ether oxygens (including phenoxy) is 2. The van der Waals surface area contributed by atoms with Gasteiger partial charge in [-0.25, -0.2) is 9.97 Å². The van der Waals surface area contributed by atoms with E-state index in [1.807, 2.05) is 26.8 Å². The highest BCUT2D eigenvalue weighted by atomic mass is 35.5. The van der Waals surface area contributed by atoms with E-state index in [1.54, 1.807) is 31.1 Å². The van der Waals surface area contributed by atoms with Crippen LogP contribution in [0.2, 0.25) is 0 Å². The van der Waals surface area contributed by atoms with Gasteiger partial charge < -0.3 is 19.7 Å². The predicted octanol–water partition coefficient (Wildman–Crippen LogP) is 3.03. The van der Waals surface area contributed by atoms with Gasteiger partial charge in [-0.15, -0.1) is 23.2 Å². The number of halogens is 2. The van der Waals surface area contributed by atoms with E-state index in [9.17, 15) is 4.79 Å². The van der Waals surface area contributed by atoms with E-state index in [0.29, 0.717) is 29.3 Å². The van der Waals surface area contributed by atoms with Crippen LogP contribution in [-0.4, -0.2) is 82.2 Å². The molecule has 0 bridgehead atoms. The molecule has 1 aliphatic heterocycles. The Kier molecular flexibility index (Phi) is 7.79. The molecule has 2 aliphatic rings. The summed E-state index contributed by atoms with van der Waals surface area (Å²) in [5.41, 5.74) is 0.986. The Morgan fingerprint density at radius 1 is 1.20 bits per heavy atom. The molecule has 1 N–H and O–H groups in total. The number of nitrogens with zero attached hydrogens (tertiary/aromatic N) is 4. The van der Waals surface area contributed by atoms with Crippen molar-refractivity contribution in [3.8, 4) is 0 Å². The molecule has 1 saturated heterocycles. The number of aromatic nitrogens is 3. The summed E-state index contributed by atoms with van der Waals surface area (Å²) in [6, 6.07) is 1.83. The molecule has 0 aromatic carbocycles. The average Bonchev–Trinajstić information content (AvgIpc) is 2.81. The maximum Gasteiger partial charge on any atom is 0.255 e. The van der Waals surface area contributed by atoms with Gasteiger partial charge in [0.25, 0.3) is 5.56 Å². The molecule has 35 heavy (non-hydrogen) atoms. The summed E-state index contributed by atoms with van der Waals surface area (Å²) < 4.78 is 13.1. The highest BCUT2D eigenvalue weighted by Crippen LogP contribution is 2.53. The molecule has 0 amide bonds. The minimum atomic E-state index is -1.06. The van der Waals surface area contributed by atoms with E-state index in [4.69, 9.17) is 32.7 Å². The fraction of sp³-hybridized carbons (Fsp3) is 0.640. The van der Waals surface area contributed by atoms with Crippen molar-refractivity contribution in [3.63, 3.8) is 0 Å². The summed E-state index contributed by atoms with van der Waals surface area (Å²) in [4.78, 5) is 23.5. The zero-order valence-corrected chi connectivity index (χ0v) is 22.6. The van der Waals surface area contributed by atoms with Crippen LogP contribution in [0.15, 0.2) is 28.9 Å². The first-order valence-corrected chi connectivity index (χ1v) is 12.8. The van der Waals surface area contributed by atoms with Gasteiger partial charge in [-0.05, 0) is 45.9 Å². The third-order valence-corrected chi connectivity index (χ3v) is 8.11. The van der Waals surface area contributed by atoms with Gasteiger partial charge in [0.15, 0.2) is 0 Å². The zero-order valence-electron chi connectivity index (χ0n) is 21.1. The predicted molar refractivity (Wildman–Crippen MR) is 140 cm³/mol. The summed E-state index contributed by atoms with van der Waals surface area (Å²) in [6.45, 7) is 11.0. The van der Waals surface area contributed by atoms with Crippen LogP contribution in [-0.2, 0) is 16.0 Å². The Labute approximate surface area is 216 Å². The Morgan fingerprint density at radius 3 is 2.57 bits per heavy atom. The molecule has 2 aromatic rings. The highest BCUT2D eigenvalue weighted by Gasteiger charge is 2.56. The minimum Gasteiger partial charge on any atom is -0.499 e. The Balaban J connectivity index is 1.81. The maximum absolute atomic E-state index is 14.1. The van der Waals surface area contributed by atoms with Gasteiger partial charge >= 0.3 is 0 Å². The normalized spacial score (nSPS) is 29.9. The van der Waals surface area contributed by atoms with Crippen LogP contribution in [0, 0.1) is 6.92 Å². The molecule has 4 rings (SSSR count). The van der Waals surface area contributed by atoms with E-state index < -0.39 is 21.8 Å². The summed E-state index contributed by atoms with van der Waals surface area (Å²) >= 11 is 14.3. The van der Waals surface area contributed by atoms with Crippen molar-refractivity contribution in [2.75, 3.05) is 46.9 Å². The number of rotatable bonds is 7. The second kappa shape index (κ2) is 10.3. The highest BCUT2D eigenvalue weighted by molar-refractivity contribution is 6.30. The molecule has 4 atom stereocenters. The van der Waals surface area contributed by atoms with Crippen molar-refractivity contribution >= 4 is 34.2 Å². The molecule has 0 radical (unpaired) electrons. The number of hydrogen-bond donors (Lipinski definition) is 1. The van der Waals surface area contributed by atoms with Gasteiger partial charge in [-0.2, -0.15) is 0 Å². The molecule has 4 unspecified atom stereocenters. The fourth-order valence-corrected chi connectivity index (χ4v) is 6.56.